The Labute approximate surface area is 175 Å². The van der Waals surface area contributed by atoms with Gasteiger partial charge in [0.25, 0.3) is 0 Å². The first-order valence-corrected chi connectivity index (χ1v) is 10.6. The molecule has 4 rings (SSSR count). The fourth-order valence-electron chi connectivity index (χ4n) is 2.74. The van der Waals surface area contributed by atoms with Crippen LogP contribution in [0.15, 0.2) is 45.6 Å². The van der Waals surface area contributed by atoms with Gasteiger partial charge in [-0.05, 0) is 30.5 Å². The van der Waals surface area contributed by atoms with E-state index in [0.717, 1.165) is 27.4 Å². The number of aryl methyl sites for hydroxylation is 2. The van der Waals surface area contributed by atoms with Crippen LogP contribution in [0.1, 0.15) is 17.9 Å². The van der Waals surface area contributed by atoms with Crippen LogP contribution >= 0.6 is 22.7 Å². The van der Waals surface area contributed by atoms with Gasteiger partial charge in [-0.25, -0.2) is 4.98 Å². The highest BCUT2D eigenvalue weighted by atomic mass is 32.1. The molecule has 0 aliphatic carbocycles. The summed E-state index contributed by atoms with van der Waals surface area (Å²) in [5.41, 5.74) is 2.78. The van der Waals surface area contributed by atoms with Crippen molar-refractivity contribution in [2.45, 2.75) is 19.8 Å². The number of hydrogen-bond acceptors (Lipinski definition) is 8. The summed E-state index contributed by atoms with van der Waals surface area (Å²) in [5, 5.41) is 11.2. The number of thiazole rings is 1. The molecule has 0 fully saturated rings. The molecule has 3 aromatic heterocycles. The van der Waals surface area contributed by atoms with Crippen molar-refractivity contribution in [3.8, 4) is 27.7 Å². The van der Waals surface area contributed by atoms with Crippen molar-refractivity contribution in [1.82, 2.24) is 15.1 Å². The molecule has 0 aliphatic rings. The number of ether oxygens (including phenoxy) is 1. The van der Waals surface area contributed by atoms with Gasteiger partial charge in [0.05, 0.1) is 17.7 Å². The minimum Gasteiger partial charge on any atom is -0.496 e. The van der Waals surface area contributed by atoms with E-state index in [9.17, 15) is 4.79 Å². The van der Waals surface area contributed by atoms with E-state index in [-0.39, 0.29) is 12.3 Å². The average molecular weight is 427 g/mol. The minimum atomic E-state index is -0.155. The van der Waals surface area contributed by atoms with Crippen LogP contribution in [0.3, 0.4) is 0 Å². The zero-order valence-electron chi connectivity index (χ0n) is 15.8. The fourth-order valence-corrected chi connectivity index (χ4v) is 4.12. The molecule has 1 N–H and O–H groups in total. The summed E-state index contributed by atoms with van der Waals surface area (Å²) in [7, 11) is 1.63. The number of nitrogens with one attached hydrogen (secondary N) is 1. The molecule has 29 heavy (non-hydrogen) atoms. The normalized spacial score (nSPS) is 10.8. The van der Waals surface area contributed by atoms with Crippen molar-refractivity contribution in [2.75, 3.05) is 12.4 Å². The molecular formula is C20H18N4O3S2. The number of hydrogen-bond donors (Lipinski definition) is 1. The van der Waals surface area contributed by atoms with Crippen molar-refractivity contribution >= 4 is 33.7 Å². The van der Waals surface area contributed by atoms with Crippen LogP contribution in [0.2, 0.25) is 0 Å². The minimum absolute atomic E-state index is 0.155. The Morgan fingerprint density at radius 3 is 2.93 bits per heavy atom. The molecule has 0 saturated carbocycles. The maximum Gasteiger partial charge on any atom is 0.227 e. The Morgan fingerprint density at radius 2 is 2.14 bits per heavy atom. The van der Waals surface area contributed by atoms with E-state index in [1.165, 1.54) is 22.7 Å². The number of nitrogens with zero attached hydrogens (tertiary/aromatic N) is 3. The molecule has 148 valence electrons. The second-order valence-electron chi connectivity index (χ2n) is 6.28. The summed E-state index contributed by atoms with van der Waals surface area (Å²) < 4.78 is 10.6. The van der Waals surface area contributed by atoms with Gasteiger partial charge in [0, 0.05) is 23.8 Å². The van der Waals surface area contributed by atoms with Gasteiger partial charge in [0.2, 0.25) is 17.6 Å². The third kappa shape index (κ3) is 4.52. The van der Waals surface area contributed by atoms with Crippen molar-refractivity contribution in [2.24, 2.45) is 0 Å². The number of thiophene rings is 1. The lowest BCUT2D eigenvalue weighted by Gasteiger charge is -2.07. The van der Waals surface area contributed by atoms with Gasteiger partial charge in [-0.1, -0.05) is 22.9 Å². The molecule has 1 aromatic carbocycles. The first kappa shape index (κ1) is 19.3. The smallest absolute Gasteiger partial charge is 0.227 e. The second-order valence-corrected chi connectivity index (χ2v) is 8.08. The number of carbonyl (C=O) groups excluding carboxylic acids is 1. The van der Waals surface area contributed by atoms with E-state index in [1.807, 2.05) is 48.0 Å². The molecule has 0 atom stereocenters. The van der Waals surface area contributed by atoms with E-state index in [0.29, 0.717) is 23.3 Å². The predicted molar refractivity (Wildman–Crippen MR) is 113 cm³/mol. The van der Waals surface area contributed by atoms with Crippen molar-refractivity contribution < 1.29 is 14.1 Å². The van der Waals surface area contributed by atoms with Gasteiger partial charge in [-0.15, -0.1) is 22.7 Å². The SMILES string of the molecule is COc1ccc(C)cc1-c1csc(NC(=O)CCc2nc(-c3cccs3)no2)n1. The van der Waals surface area contributed by atoms with E-state index in [1.54, 1.807) is 7.11 Å². The molecule has 4 aromatic rings. The molecule has 9 heteroatoms. The van der Waals surface area contributed by atoms with Crippen LogP contribution in [-0.2, 0) is 11.2 Å². The highest BCUT2D eigenvalue weighted by Gasteiger charge is 2.14. The molecule has 0 aliphatic heterocycles. The summed E-state index contributed by atoms with van der Waals surface area (Å²) in [4.78, 5) is 22.1. The van der Waals surface area contributed by atoms with Crippen LogP contribution in [0.4, 0.5) is 5.13 Å². The molecule has 7 nitrogen and oxygen atoms in total. The zero-order valence-corrected chi connectivity index (χ0v) is 17.5. The molecule has 0 saturated heterocycles. The molecular weight excluding hydrogens is 408 g/mol. The lowest BCUT2D eigenvalue weighted by atomic mass is 10.1. The monoisotopic (exact) mass is 426 g/mol. The summed E-state index contributed by atoms with van der Waals surface area (Å²) >= 11 is 2.91. The molecule has 3 heterocycles. The van der Waals surface area contributed by atoms with Crippen molar-refractivity contribution in [1.29, 1.82) is 0 Å². The van der Waals surface area contributed by atoms with Crippen LogP contribution in [0, 0.1) is 6.92 Å². The number of benzene rings is 1. The number of anilines is 1. The van der Waals surface area contributed by atoms with Gasteiger partial charge in [-0.3, -0.25) is 4.79 Å². The molecule has 0 radical (unpaired) electrons. The lowest BCUT2D eigenvalue weighted by molar-refractivity contribution is -0.116. The zero-order chi connectivity index (χ0) is 20.2. The maximum atomic E-state index is 12.3. The summed E-state index contributed by atoms with van der Waals surface area (Å²) in [6, 6.07) is 9.77. The van der Waals surface area contributed by atoms with E-state index >= 15 is 0 Å². The van der Waals surface area contributed by atoms with Gasteiger partial charge in [-0.2, -0.15) is 4.98 Å². The average Bonchev–Trinajstić information content (AvgIpc) is 3.47. The van der Waals surface area contributed by atoms with Crippen molar-refractivity contribution in [3.05, 3.63) is 52.5 Å². The van der Waals surface area contributed by atoms with Gasteiger partial charge in [0.1, 0.15) is 5.75 Å². The van der Waals surface area contributed by atoms with Gasteiger partial charge < -0.3 is 14.6 Å². The van der Waals surface area contributed by atoms with Crippen LogP contribution < -0.4 is 10.1 Å². The van der Waals surface area contributed by atoms with Crippen LogP contribution in [0.25, 0.3) is 22.0 Å². The van der Waals surface area contributed by atoms with E-state index in [4.69, 9.17) is 9.26 Å². The maximum absolute atomic E-state index is 12.3. The van der Waals surface area contributed by atoms with Crippen molar-refractivity contribution in [3.63, 3.8) is 0 Å². The van der Waals surface area contributed by atoms with Gasteiger partial charge in [0.15, 0.2) is 5.13 Å². The molecule has 0 bridgehead atoms. The summed E-state index contributed by atoms with van der Waals surface area (Å²) in [6.45, 7) is 2.01. The highest BCUT2D eigenvalue weighted by molar-refractivity contribution is 7.14. The van der Waals surface area contributed by atoms with Gasteiger partial charge >= 0.3 is 0 Å². The Bertz CT molecular complexity index is 1120. The Balaban J connectivity index is 1.37. The fraction of sp³-hybridized carbons (Fsp3) is 0.200. The standard InChI is InChI=1S/C20H18N4O3S2/c1-12-5-6-15(26-2)13(10-12)14-11-29-20(21-14)22-17(25)7-8-18-23-19(24-27-18)16-4-3-9-28-16/h3-6,9-11H,7-8H2,1-2H3,(H,21,22,25). The molecule has 0 unspecified atom stereocenters. The Morgan fingerprint density at radius 1 is 1.24 bits per heavy atom. The number of rotatable bonds is 7. The number of aromatic nitrogens is 3. The predicted octanol–water partition coefficient (Wildman–Crippen LogP) is 4.81. The third-order valence-electron chi connectivity index (χ3n) is 4.16. The lowest BCUT2D eigenvalue weighted by Crippen LogP contribution is -2.12. The third-order valence-corrected chi connectivity index (χ3v) is 5.78. The first-order valence-electron chi connectivity index (χ1n) is 8.89. The second kappa shape index (κ2) is 8.54. The topological polar surface area (TPSA) is 90.1 Å². The summed E-state index contributed by atoms with van der Waals surface area (Å²) in [5.74, 6) is 1.58. The highest BCUT2D eigenvalue weighted by Crippen LogP contribution is 2.33. The van der Waals surface area contributed by atoms with E-state index < -0.39 is 0 Å². The largest absolute Gasteiger partial charge is 0.496 e. The number of methoxy groups -OCH3 is 1. The first-order chi connectivity index (χ1) is 14.1. The quantitative estimate of drug-likeness (QED) is 0.456. The van der Waals surface area contributed by atoms with Crippen LogP contribution in [0.5, 0.6) is 5.75 Å². The Hall–Kier alpha value is -3.04. The Kier molecular flexibility index (Phi) is 5.68. The summed E-state index contributed by atoms with van der Waals surface area (Å²) in [6.07, 6.45) is 0.600. The number of carbonyl (C=O) groups is 1. The van der Waals surface area contributed by atoms with Crippen LogP contribution in [-0.4, -0.2) is 28.1 Å². The van der Waals surface area contributed by atoms with E-state index in [2.05, 4.69) is 20.4 Å². The molecule has 0 spiro atoms. The molecule has 1 amide bonds. The number of amides is 1.